The molecule has 2 aliphatic rings. The standard InChI is InChI=1S/C38H56N6O6.C37H53N3O7.C7H14N2O2/c1-4-50-38(49)44-21-19-43(20-22-44)37(48)32(17-11-12-18-39)41-35(46)30(23-27(2)3)26-34(45)33(25-29-15-9-6-10-16-29)42-36(47)31(40)24-28-13-7-5-8-14-28;1-25(2)21-29(34(43)39-30(35(44)45)19-13-14-20-38-36(46)47-37(4,5)6)24-32(41)31(23-28-17-11-8-12-18-28)40-33(42)26(3)22-27-15-9-7-10-16-27;1-2-11-7(10)9-5-3-8-4-6-9/h5-10,13-16,27,30-33H,4,11-12,17-26,39-40H2,1-3H3,(H,41,46)(H,42,47);7-12,15-18,25-26,29-31H,13-14,19-24H2,1-6H3,(H,38,46)(H,39,43)(H,40,42)(H,44,45);8H,2-6H2,1H3/t30-,31+,32+,33+;26-,29+,30-,31-;/m01./s1. The summed E-state index contributed by atoms with van der Waals surface area (Å²) in [6.07, 6.45) is 3.57. The van der Waals surface area contributed by atoms with Crippen molar-refractivity contribution in [3.63, 3.8) is 0 Å². The number of hydrogen-bond acceptors (Lipinski definition) is 17. The number of nitrogens with zero attached hydrogens (tertiary/aromatic N) is 3. The second-order valence-electron chi connectivity index (χ2n) is 29.5. The number of alkyl carbamates (subject to hydrolysis) is 1. The van der Waals surface area contributed by atoms with Gasteiger partial charge in [-0.15, -0.1) is 0 Å². The molecule has 0 unspecified atom stereocenters. The molecule has 108 heavy (non-hydrogen) atoms. The molecule has 0 radical (unpaired) electrons. The first-order valence-corrected chi connectivity index (χ1v) is 38.4. The summed E-state index contributed by atoms with van der Waals surface area (Å²) in [4.78, 5) is 148. The van der Waals surface area contributed by atoms with E-state index in [0.717, 1.165) is 48.4 Å². The topological polar surface area (TPSA) is 370 Å². The van der Waals surface area contributed by atoms with Crippen LogP contribution in [0.2, 0.25) is 0 Å². The van der Waals surface area contributed by atoms with Gasteiger partial charge < -0.3 is 77.4 Å². The van der Waals surface area contributed by atoms with Crippen LogP contribution in [0.3, 0.4) is 0 Å². The van der Waals surface area contributed by atoms with E-state index in [0.29, 0.717) is 104 Å². The van der Waals surface area contributed by atoms with E-state index in [9.17, 15) is 57.8 Å². The Hall–Kier alpha value is -9.27. The van der Waals surface area contributed by atoms with Crippen molar-refractivity contribution in [3.8, 4) is 0 Å². The lowest BCUT2D eigenvalue weighted by Crippen LogP contribution is -2.56. The molecule has 2 heterocycles. The average Bonchev–Trinajstić information content (AvgIpc) is 0.841. The van der Waals surface area contributed by atoms with Crippen molar-refractivity contribution in [2.45, 2.75) is 195 Å². The molecule has 0 saturated carbocycles. The molecule has 0 bridgehead atoms. The van der Waals surface area contributed by atoms with Crippen molar-refractivity contribution in [3.05, 3.63) is 144 Å². The molecule has 4 aromatic carbocycles. The molecule has 2 aliphatic heterocycles. The van der Waals surface area contributed by atoms with Gasteiger partial charge in [-0.2, -0.15) is 0 Å². The summed E-state index contributed by atoms with van der Waals surface area (Å²) in [7, 11) is 0. The van der Waals surface area contributed by atoms with Crippen molar-refractivity contribution in [1.29, 1.82) is 0 Å². The number of nitrogens with one attached hydrogen (secondary N) is 6. The van der Waals surface area contributed by atoms with Crippen LogP contribution in [-0.4, -0.2) is 200 Å². The predicted molar refractivity (Wildman–Crippen MR) is 416 cm³/mol. The number of nitrogens with two attached hydrogens (primary N) is 2. The van der Waals surface area contributed by atoms with Gasteiger partial charge in [0.25, 0.3) is 0 Å². The molecule has 2 saturated heterocycles. The summed E-state index contributed by atoms with van der Waals surface area (Å²) >= 11 is 0. The van der Waals surface area contributed by atoms with Gasteiger partial charge in [-0.1, -0.05) is 156 Å². The lowest BCUT2D eigenvalue weighted by atomic mass is 9.88. The fourth-order valence-electron chi connectivity index (χ4n) is 12.5. The first kappa shape index (κ1) is 91.1. The van der Waals surface area contributed by atoms with Gasteiger partial charge in [0, 0.05) is 89.5 Å². The third kappa shape index (κ3) is 36.1. The number of carbonyl (C=O) groups excluding carboxylic acids is 10. The van der Waals surface area contributed by atoms with Gasteiger partial charge in [-0.25, -0.2) is 19.2 Å². The van der Waals surface area contributed by atoms with E-state index in [1.807, 2.05) is 163 Å². The number of Topliss-reactive ketones (excluding diaryl/α,β-unsaturated/α-hetero) is 2. The number of ketones is 2. The number of carboxylic acids is 1. The lowest BCUT2D eigenvalue weighted by molar-refractivity contribution is -0.143. The van der Waals surface area contributed by atoms with Crippen LogP contribution < -0.4 is 43.4 Å². The molecule has 11 N–H and O–H groups in total. The number of ether oxygens (including phenoxy) is 3. The second kappa shape index (κ2) is 49.6. The zero-order chi connectivity index (χ0) is 79.6. The summed E-state index contributed by atoms with van der Waals surface area (Å²) in [5, 5.41) is 27.1. The minimum absolute atomic E-state index is 0.0637. The van der Waals surface area contributed by atoms with Crippen molar-refractivity contribution < 1.29 is 72.1 Å². The first-order chi connectivity index (χ1) is 51.5. The Bertz CT molecular complexity index is 3370. The molecule has 26 nitrogen and oxygen atoms in total. The predicted octanol–water partition coefficient (Wildman–Crippen LogP) is 8.35. The van der Waals surface area contributed by atoms with Crippen molar-refractivity contribution in [2.75, 3.05) is 78.7 Å². The van der Waals surface area contributed by atoms with Gasteiger partial charge in [-0.3, -0.25) is 33.6 Å². The molecule has 4 aromatic rings. The number of amides is 8. The highest BCUT2D eigenvalue weighted by Crippen LogP contribution is 2.23. The number of rotatable bonds is 39. The van der Waals surface area contributed by atoms with Crippen LogP contribution in [0.1, 0.15) is 156 Å². The number of benzene rings is 4. The quantitative estimate of drug-likeness (QED) is 0.0150. The summed E-state index contributed by atoms with van der Waals surface area (Å²) in [5.41, 5.74) is 15.0. The Morgan fingerprint density at radius 3 is 1.31 bits per heavy atom. The number of carboxylic acid groups (broad SMARTS) is 1. The molecule has 0 aromatic heterocycles. The molecule has 26 heteroatoms. The van der Waals surface area contributed by atoms with Crippen LogP contribution in [0.5, 0.6) is 0 Å². The monoisotopic (exact) mass is 1500 g/mol. The van der Waals surface area contributed by atoms with Crippen molar-refractivity contribution >= 4 is 65.4 Å². The van der Waals surface area contributed by atoms with Gasteiger partial charge >= 0.3 is 24.2 Å². The molecule has 2 fully saturated rings. The van der Waals surface area contributed by atoms with Gasteiger partial charge in [0.05, 0.1) is 31.3 Å². The third-order valence-electron chi connectivity index (χ3n) is 18.1. The van der Waals surface area contributed by atoms with E-state index >= 15 is 0 Å². The van der Waals surface area contributed by atoms with E-state index in [-0.39, 0.29) is 91.8 Å². The van der Waals surface area contributed by atoms with Gasteiger partial charge in [0.2, 0.25) is 29.5 Å². The van der Waals surface area contributed by atoms with Crippen molar-refractivity contribution in [1.82, 2.24) is 46.6 Å². The molecule has 0 spiro atoms. The number of aliphatic carboxylic acids is 1. The van der Waals surface area contributed by atoms with E-state index in [1.54, 1.807) is 42.4 Å². The SMILES string of the molecule is CC(C)C[C@@H](CC(=O)[C@@H](Cc1ccccc1)NC(=O)[C@H](C)Cc1ccccc1)C(=O)N[C@H](CCCCNC(=O)OC(C)(C)C)C(=O)O.CCOC(=O)N1CCN(C(=O)[C@@H](CCCCN)NC(=O)[C@H](CC(=O)[C@@H](Cc2ccccc2)NC(=O)[C@H](N)Cc2ccccc2)CC(C)C)CC1.CCOC(=O)N1CCNCC1. The Balaban J connectivity index is 0.000000399. The van der Waals surface area contributed by atoms with Crippen LogP contribution in [0.15, 0.2) is 121 Å². The normalized spacial score (nSPS) is 15.1. The molecular weight excluding hydrogens is 1380 g/mol. The molecule has 8 atom stereocenters. The van der Waals surface area contributed by atoms with Gasteiger partial charge in [0.1, 0.15) is 17.7 Å². The summed E-state index contributed by atoms with van der Waals surface area (Å²) < 4.78 is 15.1. The maximum Gasteiger partial charge on any atom is 0.409 e. The molecule has 6 rings (SSSR count). The minimum atomic E-state index is -1.17. The minimum Gasteiger partial charge on any atom is -0.480 e. The largest absolute Gasteiger partial charge is 0.480 e. The zero-order valence-corrected chi connectivity index (χ0v) is 65.4. The van der Waals surface area contributed by atoms with Crippen LogP contribution in [0.4, 0.5) is 14.4 Å². The fraction of sp³-hybridized carbons (Fsp3) is 0.573. The summed E-state index contributed by atoms with van der Waals surface area (Å²) in [6, 6.07) is 33.3. The van der Waals surface area contributed by atoms with Crippen LogP contribution in [-0.2, 0) is 78.3 Å². The fourth-order valence-corrected chi connectivity index (χ4v) is 12.5. The molecule has 0 aliphatic carbocycles. The molecule has 8 amide bonds. The second-order valence-corrected chi connectivity index (χ2v) is 29.5. The van der Waals surface area contributed by atoms with Crippen LogP contribution in [0, 0.1) is 29.6 Å². The number of hydrogen-bond donors (Lipinski definition) is 9. The zero-order valence-electron chi connectivity index (χ0n) is 65.4. The van der Waals surface area contributed by atoms with E-state index in [1.165, 1.54) is 0 Å². The number of piperazine rings is 2. The average molecular weight is 1500 g/mol. The highest BCUT2D eigenvalue weighted by atomic mass is 16.6. The summed E-state index contributed by atoms with van der Waals surface area (Å²) in [6.45, 7) is 24.6. The Morgan fingerprint density at radius 1 is 0.491 bits per heavy atom. The smallest absolute Gasteiger partial charge is 0.409 e. The maximum atomic E-state index is 14.0. The first-order valence-electron chi connectivity index (χ1n) is 38.4. The van der Waals surface area contributed by atoms with E-state index < -0.39 is 77.6 Å². The van der Waals surface area contributed by atoms with Gasteiger partial charge in [0.15, 0.2) is 11.6 Å². The molecule has 596 valence electrons. The maximum absolute atomic E-state index is 14.0. The summed E-state index contributed by atoms with van der Waals surface area (Å²) in [5.74, 6) is -5.26. The van der Waals surface area contributed by atoms with E-state index in [2.05, 4.69) is 31.9 Å². The lowest BCUT2D eigenvalue weighted by Gasteiger charge is -2.36. The van der Waals surface area contributed by atoms with Crippen LogP contribution >= 0.6 is 0 Å². The Labute approximate surface area is 639 Å². The number of carbonyl (C=O) groups is 11. The number of unbranched alkanes of at least 4 members (excludes halogenated alkanes) is 2. The Kier molecular flexibility index (Phi) is 41.9. The van der Waals surface area contributed by atoms with Gasteiger partial charge in [-0.05, 0) is 152 Å². The Morgan fingerprint density at radius 2 is 0.880 bits per heavy atom. The third-order valence-corrected chi connectivity index (χ3v) is 18.1. The molecular formula is C82H123N11O15. The van der Waals surface area contributed by atoms with E-state index in [4.69, 9.17) is 25.7 Å². The van der Waals surface area contributed by atoms with Crippen molar-refractivity contribution in [2.24, 2.45) is 41.1 Å². The van der Waals surface area contributed by atoms with Crippen LogP contribution in [0.25, 0.3) is 0 Å². The highest BCUT2D eigenvalue weighted by Gasteiger charge is 2.36. The highest BCUT2D eigenvalue weighted by molar-refractivity contribution is 5.96.